The summed E-state index contributed by atoms with van der Waals surface area (Å²) >= 11 is 0. The van der Waals surface area contributed by atoms with E-state index in [1.807, 2.05) is 18.5 Å². The van der Waals surface area contributed by atoms with Crippen LogP contribution in [0.4, 0.5) is 0 Å². The minimum absolute atomic E-state index is 0.0132. The Balaban J connectivity index is 2.18. The van der Waals surface area contributed by atoms with Gasteiger partial charge in [0, 0.05) is 35.1 Å². The monoisotopic (exact) mass is 270 g/mol. The molecule has 20 heavy (non-hydrogen) atoms. The van der Waals surface area contributed by atoms with Crippen LogP contribution in [0.3, 0.4) is 0 Å². The third-order valence-corrected chi connectivity index (χ3v) is 3.30. The second-order valence-corrected chi connectivity index (χ2v) is 6.82. The second-order valence-electron chi connectivity index (χ2n) is 6.82. The van der Waals surface area contributed by atoms with Crippen molar-refractivity contribution < 1.29 is 0 Å². The summed E-state index contributed by atoms with van der Waals surface area (Å²) in [7, 11) is 0. The summed E-state index contributed by atoms with van der Waals surface area (Å²) in [6.07, 6.45) is 8.08. The van der Waals surface area contributed by atoms with Crippen LogP contribution in [0.25, 0.3) is 0 Å². The molecular formula is C16H22N4. The Morgan fingerprint density at radius 3 is 2.10 bits per heavy atom. The molecule has 0 aliphatic carbocycles. The van der Waals surface area contributed by atoms with E-state index in [1.165, 1.54) is 0 Å². The van der Waals surface area contributed by atoms with Crippen molar-refractivity contribution in [2.75, 3.05) is 0 Å². The second kappa shape index (κ2) is 5.27. The number of aromatic nitrogens is 4. The Morgan fingerprint density at radius 2 is 1.60 bits per heavy atom. The van der Waals surface area contributed by atoms with Gasteiger partial charge in [0.25, 0.3) is 0 Å². The van der Waals surface area contributed by atoms with Gasteiger partial charge in [0.15, 0.2) is 0 Å². The van der Waals surface area contributed by atoms with Crippen LogP contribution in [-0.4, -0.2) is 19.9 Å². The molecule has 0 aromatic carbocycles. The minimum Gasteiger partial charge on any atom is -0.245 e. The van der Waals surface area contributed by atoms with Crippen molar-refractivity contribution in [3.63, 3.8) is 0 Å². The van der Waals surface area contributed by atoms with Crippen LogP contribution in [0, 0.1) is 0 Å². The fourth-order valence-corrected chi connectivity index (χ4v) is 2.13. The first-order valence-corrected chi connectivity index (χ1v) is 6.87. The summed E-state index contributed by atoms with van der Waals surface area (Å²) < 4.78 is 0. The zero-order valence-corrected chi connectivity index (χ0v) is 12.9. The van der Waals surface area contributed by atoms with Crippen LogP contribution in [-0.2, 0) is 17.3 Å². The molecule has 2 rings (SSSR count). The first-order chi connectivity index (χ1) is 9.29. The van der Waals surface area contributed by atoms with Crippen molar-refractivity contribution in [2.45, 2.75) is 51.9 Å². The molecule has 0 saturated carbocycles. The summed E-state index contributed by atoms with van der Waals surface area (Å²) in [5.41, 5.74) is 2.09. The third-order valence-electron chi connectivity index (χ3n) is 3.30. The fraction of sp³-hybridized carbons (Fsp3) is 0.500. The highest BCUT2D eigenvalue weighted by Crippen LogP contribution is 2.25. The lowest BCUT2D eigenvalue weighted by atomic mass is 9.83. The standard InChI is InChI=1S/C16H22N4/c1-15(2,3)14-18-9-12(10-19-14)8-16(4,5)13-6-7-17-11-20-13/h6-7,9-11H,8H2,1-5H3. The normalized spacial score (nSPS) is 12.4. The van der Waals surface area contributed by atoms with E-state index in [4.69, 9.17) is 0 Å². The molecule has 0 fully saturated rings. The summed E-state index contributed by atoms with van der Waals surface area (Å²) in [6, 6.07) is 1.96. The van der Waals surface area contributed by atoms with E-state index in [0.717, 1.165) is 23.5 Å². The van der Waals surface area contributed by atoms with E-state index in [-0.39, 0.29) is 10.8 Å². The van der Waals surface area contributed by atoms with E-state index >= 15 is 0 Å². The van der Waals surface area contributed by atoms with Gasteiger partial charge in [-0.25, -0.2) is 19.9 Å². The maximum atomic E-state index is 4.48. The lowest BCUT2D eigenvalue weighted by Gasteiger charge is -2.24. The average Bonchev–Trinajstić information content (AvgIpc) is 2.39. The molecule has 2 heterocycles. The molecule has 106 valence electrons. The Kier molecular flexibility index (Phi) is 3.84. The van der Waals surface area contributed by atoms with Crippen molar-refractivity contribution in [3.05, 3.63) is 48.1 Å². The van der Waals surface area contributed by atoms with E-state index in [2.05, 4.69) is 54.6 Å². The van der Waals surface area contributed by atoms with Gasteiger partial charge >= 0.3 is 0 Å². The summed E-state index contributed by atoms with van der Waals surface area (Å²) in [5.74, 6) is 0.876. The zero-order valence-electron chi connectivity index (χ0n) is 12.9. The Labute approximate surface area is 120 Å². The van der Waals surface area contributed by atoms with Gasteiger partial charge in [-0.2, -0.15) is 0 Å². The minimum atomic E-state index is -0.0600. The molecule has 0 bridgehead atoms. The maximum absolute atomic E-state index is 4.48. The van der Waals surface area contributed by atoms with Crippen LogP contribution in [0.1, 0.15) is 51.7 Å². The molecule has 2 aromatic rings. The van der Waals surface area contributed by atoms with Gasteiger partial charge in [-0.15, -0.1) is 0 Å². The van der Waals surface area contributed by atoms with Gasteiger partial charge in [0.1, 0.15) is 12.2 Å². The highest BCUT2D eigenvalue weighted by atomic mass is 14.9. The molecule has 4 heteroatoms. The van der Waals surface area contributed by atoms with Gasteiger partial charge in [0.05, 0.1) is 0 Å². The van der Waals surface area contributed by atoms with Crippen LogP contribution >= 0.6 is 0 Å². The molecule has 4 nitrogen and oxygen atoms in total. The Hall–Kier alpha value is -1.84. The zero-order chi connectivity index (χ0) is 14.8. The van der Waals surface area contributed by atoms with Crippen LogP contribution < -0.4 is 0 Å². The number of hydrogen-bond acceptors (Lipinski definition) is 4. The van der Waals surface area contributed by atoms with Crippen LogP contribution in [0.5, 0.6) is 0 Å². The summed E-state index contributed by atoms with van der Waals surface area (Å²) in [5, 5.41) is 0. The molecule has 0 atom stereocenters. The van der Waals surface area contributed by atoms with E-state index in [1.54, 1.807) is 12.5 Å². The third kappa shape index (κ3) is 3.38. The fourth-order valence-electron chi connectivity index (χ4n) is 2.13. The number of nitrogens with zero attached hydrogens (tertiary/aromatic N) is 4. The largest absolute Gasteiger partial charge is 0.245 e. The van der Waals surface area contributed by atoms with Gasteiger partial charge in [-0.3, -0.25) is 0 Å². The molecule has 0 amide bonds. The molecule has 0 aliphatic rings. The average molecular weight is 270 g/mol. The van der Waals surface area contributed by atoms with Gasteiger partial charge in [-0.1, -0.05) is 34.6 Å². The van der Waals surface area contributed by atoms with E-state index < -0.39 is 0 Å². The topological polar surface area (TPSA) is 51.6 Å². The molecule has 0 unspecified atom stereocenters. The van der Waals surface area contributed by atoms with Crippen LogP contribution in [0.15, 0.2) is 31.0 Å². The van der Waals surface area contributed by atoms with Crippen molar-refractivity contribution >= 4 is 0 Å². The lowest BCUT2D eigenvalue weighted by molar-refractivity contribution is 0.498. The first-order valence-electron chi connectivity index (χ1n) is 6.87. The van der Waals surface area contributed by atoms with Crippen molar-refractivity contribution in [3.8, 4) is 0 Å². The van der Waals surface area contributed by atoms with Crippen LogP contribution in [0.2, 0.25) is 0 Å². The highest BCUT2D eigenvalue weighted by Gasteiger charge is 2.23. The predicted molar refractivity (Wildman–Crippen MR) is 79.5 cm³/mol. The van der Waals surface area contributed by atoms with E-state index in [9.17, 15) is 0 Å². The maximum Gasteiger partial charge on any atom is 0.133 e. The molecular weight excluding hydrogens is 248 g/mol. The molecule has 0 radical (unpaired) electrons. The molecule has 0 N–H and O–H groups in total. The van der Waals surface area contributed by atoms with Crippen molar-refractivity contribution in [2.24, 2.45) is 0 Å². The smallest absolute Gasteiger partial charge is 0.133 e. The predicted octanol–water partition coefficient (Wildman–Crippen LogP) is 3.08. The quantitative estimate of drug-likeness (QED) is 0.860. The first kappa shape index (κ1) is 14.6. The van der Waals surface area contributed by atoms with Gasteiger partial charge < -0.3 is 0 Å². The Morgan fingerprint density at radius 1 is 0.950 bits per heavy atom. The van der Waals surface area contributed by atoms with Crippen molar-refractivity contribution in [1.82, 2.24) is 19.9 Å². The van der Waals surface area contributed by atoms with Gasteiger partial charge in [0.2, 0.25) is 0 Å². The van der Waals surface area contributed by atoms with Crippen molar-refractivity contribution in [1.29, 1.82) is 0 Å². The SMILES string of the molecule is CC(C)(C)c1ncc(CC(C)(C)c2ccncn2)cn1. The number of rotatable bonds is 3. The molecule has 2 aromatic heterocycles. The lowest BCUT2D eigenvalue weighted by Crippen LogP contribution is -2.23. The summed E-state index contributed by atoms with van der Waals surface area (Å²) in [6.45, 7) is 10.7. The summed E-state index contributed by atoms with van der Waals surface area (Å²) in [4.78, 5) is 17.3. The molecule has 0 aliphatic heterocycles. The van der Waals surface area contributed by atoms with E-state index in [0.29, 0.717) is 0 Å². The van der Waals surface area contributed by atoms with Gasteiger partial charge in [-0.05, 0) is 18.1 Å². The molecule has 0 saturated heterocycles. The highest BCUT2D eigenvalue weighted by molar-refractivity contribution is 5.19. The number of hydrogen-bond donors (Lipinski definition) is 0. The molecule has 0 spiro atoms. The Bertz CT molecular complexity index is 553.